The molecule has 114 valence electrons. The maximum absolute atomic E-state index is 6.49. The molecule has 0 aliphatic rings. The van der Waals surface area contributed by atoms with E-state index in [0.29, 0.717) is 0 Å². The van der Waals surface area contributed by atoms with Crippen molar-refractivity contribution in [2.24, 2.45) is 0 Å². The molecular formula is C20H24OSi. The lowest BCUT2D eigenvalue weighted by Crippen LogP contribution is -2.65. The fourth-order valence-electron chi connectivity index (χ4n) is 2.89. The molecule has 0 saturated carbocycles. The smallest absolute Gasteiger partial charge is 0.319 e. The summed E-state index contributed by atoms with van der Waals surface area (Å²) in [5.41, 5.74) is 0. The van der Waals surface area contributed by atoms with E-state index in [1.54, 1.807) is 12.3 Å². The van der Waals surface area contributed by atoms with E-state index >= 15 is 0 Å². The van der Waals surface area contributed by atoms with Crippen molar-refractivity contribution in [3.05, 3.63) is 85.7 Å². The Labute approximate surface area is 135 Å². The minimum atomic E-state index is -2.42. The Balaban J connectivity index is 2.69. The van der Waals surface area contributed by atoms with E-state index in [1.165, 1.54) is 10.4 Å². The van der Waals surface area contributed by atoms with Crippen molar-refractivity contribution in [3.63, 3.8) is 0 Å². The largest absolute Gasteiger partial charge is 0.540 e. The van der Waals surface area contributed by atoms with Crippen molar-refractivity contribution < 1.29 is 4.43 Å². The van der Waals surface area contributed by atoms with Crippen LogP contribution >= 0.6 is 0 Å². The first-order valence-electron chi connectivity index (χ1n) is 7.59. The number of benzene rings is 2. The van der Waals surface area contributed by atoms with Crippen LogP contribution in [0.25, 0.3) is 0 Å². The molecular weight excluding hydrogens is 284 g/mol. The zero-order chi connectivity index (χ0) is 16.1. The van der Waals surface area contributed by atoms with E-state index in [4.69, 9.17) is 4.43 Å². The van der Waals surface area contributed by atoms with Gasteiger partial charge in [0.15, 0.2) is 0 Å². The maximum atomic E-state index is 6.49. The molecule has 2 heteroatoms. The normalized spacial score (nSPS) is 12.3. The molecule has 2 rings (SSSR count). The lowest BCUT2D eigenvalue weighted by molar-refractivity contribution is 0.445. The van der Waals surface area contributed by atoms with E-state index in [2.05, 4.69) is 88.0 Å². The molecule has 2 aromatic rings. The second-order valence-electron chi connectivity index (χ2n) is 6.35. The number of allylic oxidation sites excluding steroid dienone is 2. The van der Waals surface area contributed by atoms with Gasteiger partial charge in [0.05, 0.1) is 6.26 Å². The Bertz CT molecular complexity index is 584. The van der Waals surface area contributed by atoms with Crippen molar-refractivity contribution in [2.75, 3.05) is 0 Å². The molecule has 0 spiro atoms. The highest BCUT2D eigenvalue weighted by atomic mass is 28.4. The highest BCUT2D eigenvalue weighted by Gasteiger charge is 2.51. The molecule has 0 fully saturated rings. The summed E-state index contributed by atoms with van der Waals surface area (Å²) < 4.78 is 6.49. The molecule has 0 atom stereocenters. The third-order valence-corrected chi connectivity index (χ3v) is 8.77. The van der Waals surface area contributed by atoms with Gasteiger partial charge in [-0.1, -0.05) is 94.1 Å². The van der Waals surface area contributed by atoms with Gasteiger partial charge in [-0.3, -0.25) is 0 Å². The molecule has 1 nitrogen and oxygen atoms in total. The van der Waals surface area contributed by atoms with Crippen LogP contribution in [-0.4, -0.2) is 8.32 Å². The summed E-state index contributed by atoms with van der Waals surface area (Å²) in [4.78, 5) is 0. The fraction of sp³-hybridized carbons (Fsp3) is 0.200. The first-order chi connectivity index (χ1) is 10.5. The van der Waals surface area contributed by atoms with E-state index in [-0.39, 0.29) is 5.04 Å². The Morgan fingerprint density at radius 1 is 0.864 bits per heavy atom. The predicted octanol–water partition coefficient (Wildman–Crippen LogP) is 4.26. The number of rotatable bonds is 5. The van der Waals surface area contributed by atoms with Crippen LogP contribution in [0, 0.1) is 0 Å². The van der Waals surface area contributed by atoms with Gasteiger partial charge in [-0.2, -0.15) is 0 Å². The number of hydrogen-bond acceptors (Lipinski definition) is 1. The van der Waals surface area contributed by atoms with Crippen LogP contribution in [0.15, 0.2) is 85.7 Å². The third-order valence-electron chi connectivity index (χ3n) is 3.88. The molecule has 0 bridgehead atoms. The maximum Gasteiger partial charge on any atom is 0.319 e. The molecule has 0 aromatic heterocycles. The van der Waals surface area contributed by atoms with Crippen LogP contribution in [0.2, 0.25) is 5.04 Å². The minimum absolute atomic E-state index is 0.00121. The Morgan fingerprint density at radius 2 is 1.32 bits per heavy atom. The minimum Gasteiger partial charge on any atom is -0.540 e. The SMILES string of the molecule is C=C/C=C/O[Si](c1ccccc1)(c1ccccc1)C(C)(C)C. The van der Waals surface area contributed by atoms with E-state index in [1.807, 2.05) is 6.08 Å². The Morgan fingerprint density at radius 3 is 1.68 bits per heavy atom. The fourth-order valence-corrected chi connectivity index (χ4v) is 7.19. The number of hydrogen-bond donors (Lipinski definition) is 0. The highest BCUT2D eigenvalue weighted by Crippen LogP contribution is 2.36. The lowest BCUT2D eigenvalue weighted by Gasteiger charge is -2.41. The first kappa shape index (κ1) is 16.3. The molecule has 0 radical (unpaired) electrons. The van der Waals surface area contributed by atoms with Gasteiger partial charge in [-0.15, -0.1) is 0 Å². The van der Waals surface area contributed by atoms with Crippen molar-refractivity contribution in [1.29, 1.82) is 0 Å². The van der Waals surface area contributed by atoms with Gasteiger partial charge >= 0.3 is 8.32 Å². The molecule has 0 unspecified atom stereocenters. The molecule has 0 amide bonds. The van der Waals surface area contributed by atoms with Crippen molar-refractivity contribution in [2.45, 2.75) is 25.8 Å². The van der Waals surface area contributed by atoms with Gasteiger partial charge in [0.2, 0.25) is 0 Å². The average molecular weight is 308 g/mol. The molecule has 0 heterocycles. The first-order valence-corrected chi connectivity index (χ1v) is 9.49. The van der Waals surface area contributed by atoms with Crippen LogP contribution in [0.3, 0.4) is 0 Å². The summed E-state index contributed by atoms with van der Waals surface area (Å²) in [6.07, 6.45) is 5.40. The topological polar surface area (TPSA) is 9.23 Å². The van der Waals surface area contributed by atoms with Gasteiger partial charge in [0, 0.05) is 0 Å². The van der Waals surface area contributed by atoms with Gasteiger partial charge in [0.25, 0.3) is 0 Å². The summed E-state index contributed by atoms with van der Waals surface area (Å²) >= 11 is 0. The van der Waals surface area contributed by atoms with Crippen LogP contribution in [-0.2, 0) is 4.43 Å². The summed E-state index contributed by atoms with van der Waals surface area (Å²) in [5, 5.41) is 2.56. The molecule has 22 heavy (non-hydrogen) atoms. The summed E-state index contributed by atoms with van der Waals surface area (Å²) in [5.74, 6) is 0. The molecule has 0 aliphatic carbocycles. The van der Waals surface area contributed by atoms with Crippen LogP contribution < -0.4 is 10.4 Å². The Kier molecular flexibility index (Phi) is 5.04. The van der Waals surface area contributed by atoms with Crippen molar-refractivity contribution in [3.8, 4) is 0 Å². The zero-order valence-corrected chi connectivity index (χ0v) is 14.6. The van der Waals surface area contributed by atoms with Crippen LogP contribution in [0.5, 0.6) is 0 Å². The second-order valence-corrected chi connectivity index (χ2v) is 10.6. The highest BCUT2D eigenvalue weighted by molar-refractivity contribution is 6.99. The molecule has 0 N–H and O–H groups in total. The Hall–Kier alpha value is -2.06. The van der Waals surface area contributed by atoms with Gasteiger partial charge in [-0.05, 0) is 21.5 Å². The summed E-state index contributed by atoms with van der Waals surface area (Å²) in [7, 11) is -2.42. The van der Waals surface area contributed by atoms with E-state index < -0.39 is 8.32 Å². The van der Waals surface area contributed by atoms with Crippen LogP contribution in [0.1, 0.15) is 20.8 Å². The summed E-state index contributed by atoms with van der Waals surface area (Å²) in [6.45, 7) is 10.5. The summed E-state index contributed by atoms with van der Waals surface area (Å²) in [6, 6.07) is 21.2. The lowest BCUT2D eigenvalue weighted by atomic mass is 10.2. The average Bonchev–Trinajstić information content (AvgIpc) is 2.52. The quantitative estimate of drug-likeness (QED) is 0.455. The van der Waals surface area contributed by atoms with E-state index in [9.17, 15) is 0 Å². The molecule has 0 aliphatic heterocycles. The third kappa shape index (κ3) is 3.07. The molecule has 0 saturated heterocycles. The standard InChI is InChI=1S/C20H24OSi/c1-5-6-17-21-22(20(2,3)4,18-13-9-7-10-14-18)19-15-11-8-12-16-19/h5-17H,1H2,2-4H3/b17-6+. The van der Waals surface area contributed by atoms with E-state index in [0.717, 1.165) is 0 Å². The van der Waals surface area contributed by atoms with Crippen LogP contribution in [0.4, 0.5) is 0 Å². The van der Waals surface area contributed by atoms with Crippen molar-refractivity contribution >= 4 is 18.7 Å². The molecule has 2 aromatic carbocycles. The zero-order valence-electron chi connectivity index (χ0n) is 13.6. The second kappa shape index (κ2) is 6.80. The van der Waals surface area contributed by atoms with Gasteiger partial charge in [-0.25, -0.2) is 0 Å². The van der Waals surface area contributed by atoms with Crippen molar-refractivity contribution in [1.82, 2.24) is 0 Å². The van der Waals surface area contributed by atoms with Gasteiger partial charge in [0.1, 0.15) is 0 Å². The predicted molar refractivity (Wildman–Crippen MR) is 98.0 cm³/mol. The van der Waals surface area contributed by atoms with Gasteiger partial charge < -0.3 is 4.43 Å². The monoisotopic (exact) mass is 308 g/mol.